The molecular formula is C22H33N5O5S. The summed E-state index contributed by atoms with van der Waals surface area (Å²) in [6.45, 7) is 7.17. The van der Waals surface area contributed by atoms with Gasteiger partial charge in [0.05, 0.1) is 17.1 Å². The first-order valence-corrected chi connectivity index (χ1v) is 12.2. The minimum atomic E-state index is -4.23. The van der Waals surface area contributed by atoms with Crippen LogP contribution in [0.25, 0.3) is 0 Å². The quantitative estimate of drug-likeness (QED) is 0.378. The molecular weight excluding hydrogens is 446 g/mol. The van der Waals surface area contributed by atoms with Gasteiger partial charge < -0.3 is 20.9 Å². The van der Waals surface area contributed by atoms with E-state index in [-0.39, 0.29) is 23.3 Å². The molecule has 11 heteroatoms. The molecule has 0 aliphatic carbocycles. The Morgan fingerprint density at radius 3 is 2.42 bits per heavy atom. The van der Waals surface area contributed by atoms with Gasteiger partial charge in [-0.15, -0.1) is 0 Å². The summed E-state index contributed by atoms with van der Waals surface area (Å²) in [7, 11) is -0.858. The van der Waals surface area contributed by atoms with Crippen LogP contribution in [-0.4, -0.2) is 46.9 Å². The fourth-order valence-electron chi connectivity index (χ4n) is 3.97. The SMILES string of the molecule is CCC1(CC(NC=O)c2ccc(N(C)C)c(S(=O)(=O)NC(=O)NC(C)C)c2)C(=O)NC=C1C. The first-order chi connectivity index (χ1) is 15.4. The standard InChI is InChI=1S/C22H33N5O5S/c1-7-22(15(4)12-23-20(22)29)11-17(24-13-28)16-8-9-18(27(5)6)19(10-16)33(31,32)26-21(30)25-14(2)3/h8-10,12-14,17H,7,11H2,1-6H3,(H,23,29)(H,24,28)(H2,25,26,30). The van der Waals surface area contributed by atoms with Crippen LogP contribution in [0.3, 0.4) is 0 Å². The molecule has 0 saturated carbocycles. The van der Waals surface area contributed by atoms with Crippen LogP contribution < -0.4 is 25.6 Å². The van der Waals surface area contributed by atoms with Gasteiger partial charge in [0, 0.05) is 26.3 Å². The number of nitrogens with one attached hydrogen (secondary N) is 4. The number of carbonyl (C=O) groups excluding carboxylic acids is 3. The van der Waals surface area contributed by atoms with Crippen LogP contribution in [-0.2, 0) is 19.6 Å². The number of hydrogen-bond acceptors (Lipinski definition) is 6. The molecule has 4 N–H and O–H groups in total. The van der Waals surface area contributed by atoms with Crippen LogP contribution in [0.5, 0.6) is 0 Å². The van der Waals surface area contributed by atoms with Gasteiger partial charge in [0.25, 0.3) is 10.0 Å². The third kappa shape index (κ3) is 5.65. The van der Waals surface area contributed by atoms with E-state index < -0.39 is 27.5 Å². The van der Waals surface area contributed by atoms with Gasteiger partial charge in [0.15, 0.2) is 0 Å². The zero-order valence-electron chi connectivity index (χ0n) is 19.9. The molecule has 4 amide bonds. The van der Waals surface area contributed by atoms with Crippen molar-refractivity contribution in [3.05, 3.63) is 35.5 Å². The van der Waals surface area contributed by atoms with Crippen LogP contribution in [0.1, 0.15) is 52.1 Å². The van der Waals surface area contributed by atoms with E-state index in [1.54, 1.807) is 51.2 Å². The number of urea groups is 1. The molecule has 1 aliphatic heterocycles. The van der Waals surface area contributed by atoms with E-state index in [0.717, 1.165) is 5.57 Å². The maximum absolute atomic E-state index is 13.1. The van der Waals surface area contributed by atoms with E-state index in [0.29, 0.717) is 24.1 Å². The van der Waals surface area contributed by atoms with Crippen molar-refractivity contribution in [1.29, 1.82) is 0 Å². The second kappa shape index (κ2) is 10.2. The zero-order valence-corrected chi connectivity index (χ0v) is 20.7. The highest BCUT2D eigenvalue weighted by molar-refractivity contribution is 7.90. The number of nitrogens with zero attached hydrogens (tertiary/aromatic N) is 1. The summed E-state index contributed by atoms with van der Waals surface area (Å²) in [5, 5.41) is 7.95. The summed E-state index contributed by atoms with van der Waals surface area (Å²) in [6.07, 6.45) is 2.95. The number of rotatable bonds is 10. The highest BCUT2D eigenvalue weighted by Crippen LogP contribution is 2.43. The molecule has 2 rings (SSSR count). The van der Waals surface area contributed by atoms with Gasteiger partial charge in [-0.2, -0.15) is 0 Å². The first kappa shape index (κ1) is 26.2. The fraction of sp³-hybridized carbons (Fsp3) is 0.500. The normalized spacial score (nSPS) is 18.9. The van der Waals surface area contributed by atoms with Crippen molar-refractivity contribution in [2.75, 3.05) is 19.0 Å². The van der Waals surface area contributed by atoms with Crippen molar-refractivity contribution in [1.82, 2.24) is 20.7 Å². The number of hydrogen-bond donors (Lipinski definition) is 4. The van der Waals surface area contributed by atoms with Gasteiger partial charge in [-0.3, -0.25) is 9.59 Å². The van der Waals surface area contributed by atoms with Crippen LogP contribution in [0, 0.1) is 5.41 Å². The molecule has 0 spiro atoms. The Labute approximate surface area is 195 Å². The molecule has 0 fully saturated rings. The zero-order chi connectivity index (χ0) is 25.0. The van der Waals surface area contributed by atoms with E-state index >= 15 is 0 Å². The second-order valence-corrected chi connectivity index (χ2v) is 10.3. The third-order valence-electron chi connectivity index (χ3n) is 5.84. The molecule has 0 radical (unpaired) electrons. The molecule has 1 aromatic carbocycles. The maximum atomic E-state index is 13.1. The Hall–Kier alpha value is -3.08. The summed E-state index contributed by atoms with van der Waals surface area (Å²) < 4.78 is 28.2. The third-order valence-corrected chi connectivity index (χ3v) is 7.20. The van der Waals surface area contributed by atoms with E-state index in [9.17, 15) is 22.8 Å². The summed E-state index contributed by atoms with van der Waals surface area (Å²) >= 11 is 0. The molecule has 0 bridgehead atoms. The minimum absolute atomic E-state index is 0.115. The molecule has 10 nitrogen and oxygen atoms in total. The number of carbonyl (C=O) groups is 3. The smallest absolute Gasteiger partial charge is 0.328 e. The molecule has 1 aliphatic rings. The molecule has 0 aromatic heterocycles. The monoisotopic (exact) mass is 479 g/mol. The van der Waals surface area contributed by atoms with Gasteiger partial charge >= 0.3 is 6.03 Å². The average molecular weight is 480 g/mol. The van der Waals surface area contributed by atoms with Gasteiger partial charge in [-0.05, 0) is 56.9 Å². The lowest BCUT2D eigenvalue weighted by molar-refractivity contribution is -0.128. The molecule has 1 heterocycles. The number of benzene rings is 1. The fourth-order valence-corrected chi connectivity index (χ4v) is 5.20. The molecule has 2 unspecified atom stereocenters. The van der Waals surface area contributed by atoms with Crippen molar-refractivity contribution in [2.24, 2.45) is 5.41 Å². The lowest BCUT2D eigenvalue weighted by Crippen LogP contribution is -2.42. The Kier molecular flexibility index (Phi) is 8.12. The summed E-state index contributed by atoms with van der Waals surface area (Å²) in [5.41, 5.74) is 0.887. The van der Waals surface area contributed by atoms with E-state index in [1.807, 2.05) is 18.6 Å². The average Bonchev–Trinajstić information content (AvgIpc) is 3.00. The van der Waals surface area contributed by atoms with E-state index in [1.165, 1.54) is 6.07 Å². The van der Waals surface area contributed by atoms with Crippen LogP contribution in [0.4, 0.5) is 10.5 Å². The van der Waals surface area contributed by atoms with Crippen LogP contribution in [0.15, 0.2) is 34.9 Å². The highest BCUT2D eigenvalue weighted by atomic mass is 32.2. The lowest BCUT2D eigenvalue weighted by atomic mass is 9.73. The van der Waals surface area contributed by atoms with Gasteiger partial charge in [-0.1, -0.05) is 13.0 Å². The molecule has 2 atom stereocenters. The van der Waals surface area contributed by atoms with Gasteiger partial charge in [0.1, 0.15) is 4.90 Å². The van der Waals surface area contributed by atoms with Gasteiger partial charge in [-0.25, -0.2) is 17.9 Å². The summed E-state index contributed by atoms with van der Waals surface area (Å²) in [6, 6.07) is 3.02. The largest absolute Gasteiger partial charge is 0.377 e. The molecule has 0 saturated heterocycles. The molecule has 1 aromatic rings. The molecule has 33 heavy (non-hydrogen) atoms. The van der Waals surface area contributed by atoms with Crippen molar-refractivity contribution >= 4 is 34.1 Å². The highest BCUT2D eigenvalue weighted by Gasteiger charge is 2.44. The Morgan fingerprint density at radius 1 is 1.27 bits per heavy atom. The number of sulfonamides is 1. The van der Waals surface area contributed by atoms with E-state index in [2.05, 4.69) is 16.0 Å². The Bertz CT molecular complexity index is 1050. The van der Waals surface area contributed by atoms with E-state index in [4.69, 9.17) is 0 Å². The number of amides is 4. The predicted octanol–water partition coefficient (Wildman–Crippen LogP) is 1.76. The van der Waals surface area contributed by atoms with Crippen molar-refractivity contribution in [3.8, 4) is 0 Å². The second-order valence-electron chi connectivity index (χ2n) is 8.63. The van der Waals surface area contributed by atoms with Crippen LogP contribution in [0.2, 0.25) is 0 Å². The summed E-state index contributed by atoms with van der Waals surface area (Å²) in [4.78, 5) is 37.7. The first-order valence-electron chi connectivity index (χ1n) is 10.7. The number of anilines is 1. The minimum Gasteiger partial charge on any atom is -0.377 e. The van der Waals surface area contributed by atoms with Crippen molar-refractivity contribution in [3.63, 3.8) is 0 Å². The predicted molar refractivity (Wildman–Crippen MR) is 126 cm³/mol. The van der Waals surface area contributed by atoms with Crippen molar-refractivity contribution in [2.45, 2.75) is 57.5 Å². The van der Waals surface area contributed by atoms with Crippen LogP contribution >= 0.6 is 0 Å². The maximum Gasteiger partial charge on any atom is 0.328 e. The topological polar surface area (TPSA) is 137 Å². The van der Waals surface area contributed by atoms with Crippen molar-refractivity contribution < 1.29 is 22.8 Å². The Morgan fingerprint density at radius 2 is 1.94 bits per heavy atom. The van der Waals surface area contributed by atoms with Gasteiger partial charge in [0.2, 0.25) is 12.3 Å². The molecule has 182 valence electrons. The Balaban J connectivity index is 2.53. The summed E-state index contributed by atoms with van der Waals surface area (Å²) in [5.74, 6) is -0.162. The lowest BCUT2D eigenvalue weighted by Gasteiger charge is -2.32.